The van der Waals surface area contributed by atoms with Crippen LogP contribution in [-0.4, -0.2) is 7.05 Å². The van der Waals surface area contributed by atoms with Crippen LogP contribution >= 0.6 is 15.9 Å². The minimum Gasteiger partial charge on any atom is -0.313 e. The first-order chi connectivity index (χ1) is 9.02. The molecule has 1 saturated carbocycles. The van der Waals surface area contributed by atoms with E-state index in [0.29, 0.717) is 6.04 Å². The molecule has 0 bridgehead atoms. The van der Waals surface area contributed by atoms with E-state index in [-0.39, 0.29) is 0 Å². The van der Waals surface area contributed by atoms with Crippen LogP contribution in [0.2, 0.25) is 0 Å². The fraction of sp³-hybridized carbons (Fsp3) is 0.647. The van der Waals surface area contributed by atoms with Crippen LogP contribution < -0.4 is 5.32 Å². The summed E-state index contributed by atoms with van der Waals surface area (Å²) in [5.41, 5.74) is 2.84. The van der Waals surface area contributed by atoms with Crippen LogP contribution in [0, 0.1) is 24.7 Å². The van der Waals surface area contributed by atoms with Gasteiger partial charge in [0.05, 0.1) is 0 Å². The molecule has 0 spiro atoms. The number of hydrogen-bond donors (Lipinski definition) is 1. The molecule has 1 aromatic rings. The van der Waals surface area contributed by atoms with E-state index in [0.717, 1.165) is 17.8 Å². The van der Waals surface area contributed by atoms with Crippen molar-refractivity contribution >= 4 is 15.9 Å². The summed E-state index contributed by atoms with van der Waals surface area (Å²) in [6.45, 7) is 7.03. The highest BCUT2D eigenvalue weighted by Gasteiger charge is 2.30. The van der Waals surface area contributed by atoms with E-state index in [1.807, 2.05) is 0 Å². The molecule has 0 aromatic heterocycles. The Labute approximate surface area is 126 Å². The normalized spacial score (nSPS) is 29.2. The molecule has 0 saturated heterocycles. The third kappa shape index (κ3) is 3.41. The molecular formula is C17H26BrN. The molecule has 2 heteroatoms. The lowest BCUT2D eigenvalue weighted by Crippen LogP contribution is -2.31. The predicted octanol–water partition coefficient (Wildman–Crippen LogP) is 5.09. The monoisotopic (exact) mass is 323 g/mol. The zero-order valence-electron chi connectivity index (χ0n) is 12.5. The lowest BCUT2D eigenvalue weighted by Gasteiger charge is -2.37. The maximum Gasteiger partial charge on any atom is 0.0349 e. The molecule has 2 rings (SSSR count). The predicted molar refractivity (Wildman–Crippen MR) is 86.3 cm³/mol. The molecule has 3 atom stereocenters. The molecule has 19 heavy (non-hydrogen) atoms. The van der Waals surface area contributed by atoms with Crippen molar-refractivity contribution in [3.63, 3.8) is 0 Å². The number of nitrogens with one attached hydrogen (secondary N) is 1. The number of benzene rings is 1. The third-order valence-corrected chi connectivity index (χ3v) is 5.50. The summed E-state index contributed by atoms with van der Waals surface area (Å²) in [4.78, 5) is 0. The largest absolute Gasteiger partial charge is 0.313 e. The van der Waals surface area contributed by atoms with Crippen molar-refractivity contribution in [3.05, 3.63) is 33.8 Å². The van der Waals surface area contributed by atoms with Gasteiger partial charge in [0.1, 0.15) is 0 Å². The Morgan fingerprint density at radius 3 is 2.37 bits per heavy atom. The van der Waals surface area contributed by atoms with Crippen LogP contribution in [0.4, 0.5) is 0 Å². The maximum absolute atomic E-state index is 3.66. The Bertz CT molecular complexity index is 419. The van der Waals surface area contributed by atoms with Crippen LogP contribution in [-0.2, 0) is 0 Å². The zero-order chi connectivity index (χ0) is 14.0. The standard InChI is InChI=1S/C17H26BrN/c1-11-8-12(2)10-14(9-11)17(19-4)15-6-5-7-16(18)13(15)3/h5-7,11-12,14,17,19H,8-10H2,1-4H3. The topological polar surface area (TPSA) is 12.0 Å². The van der Waals surface area contributed by atoms with Crippen molar-refractivity contribution < 1.29 is 0 Å². The van der Waals surface area contributed by atoms with Crippen molar-refractivity contribution in [1.29, 1.82) is 0 Å². The van der Waals surface area contributed by atoms with Gasteiger partial charge in [0, 0.05) is 10.5 Å². The molecule has 0 radical (unpaired) electrons. The number of rotatable bonds is 3. The van der Waals surface area contributed by atoms with Gasteiger partial charge in [-0.15, -0.1) is 0 Å². The quantitative estimate of drug-likeness (QED) is 0.816. The summed E-state index contributed by atoms with van der Waals surface area (Å²) in [6.07, 6.45) is 4.09. The Hall–Kier alpha value is -0.340. The Kier molecular flexibility index (Phi) is 5.08. The lowest BCUT2D eigenvalue weighted by molar-refractivity contribution is 0.180. The van der Waals surface area contributed by atoms with Gasteiger partial charge in [0.25, 0.3) is 0 Å². The van der Waals surface area contributed by atoms with Crippen molar-refractivity contribution in [1.82, 2.24) is 5.32 Å². The molecule has 1 nitrogen and oxygen atoms in total. The van der Waals surface area contributed by atoms with Crippen LogP contribution in [0.5, 0.6) is 0 Å². The summed E-state index contributed by atoms with van der Waals surface area (Å²) < 4.78 is 1.22. The Balaban J connectivity index is 2.26. The second kappa shape index (κ2) is 6.41. The van der Waals surface area contributed by atoms with Crippen LogP contribution in [0.15, 0.2) is 22.7 Å². The molecule has 1 fully saturated rings. The van der Waals surface area contributed by atoms with Crippen LogP contribution in [0.3, 0.4) is 0 Å². The first-order valence-corrected chi connectivity index (χ1v) is 8.24. The minimum atomic E-state index is 0.489. The average Bonchev–Trinajstić information content (AvgIpc) is 2.34. The SMILES string of the molecule is CNC(c1cccc(Br)c1C)C1CC(C)CC(C)C1. The van der Waals surface area contributed by atoms with E-state index in [2.05, 4.69) is 67.3 Å². The first-order valence-electron chi connectivity index (χ1n) is 7.45. The summed E-state index contributed by atoms with van der Waals surface area (Å²) in [5.74, 6) is 2.48. The van der Waals surface area contributed by atoms with Gasteiger partial charge in [-0.2, -0.15) is 0 Å². The van der Waals surface area contributed by atoms with E-state index in [9.17, 15) is 0 Å². The van der Waals surface area contributed by atoms with Crippen LogP contribution in [0.1, 0.15) is 50.3 Å². The van der Waals surface area contributed by atoms with E-state index in [4.69, 9.17) is 0 Å². The van der Waals surface area contributed by atoms with Gasteiger partial charge >= 0.3 is 0 Å². The van der Waals surface area contributed by atoms with Crippen molar-refractivity contribution in [2.45, 2.75) is 46.1 Å². The third-order valence-electron chi connectivity index (χ3n) is 4.64. The van der Waals surface area contributed by atoms with E-state index in [1.54, 1.807) is 0 Å². The second-order valence-corrected chi connectivity index (χ2v) is 7.25. The zero-order valence-corrected chi connectivity index (χ0v) is 14.1. The smallest absolute Gasteiger partial charge is 0.0349 e. The fourth-order valence-electron chi connectivity index (χ4n) is 3.89. The maximum atomic E-state index is 3.66. The molecule has 3 unspecified atom stereocenters. The fourth-order valence-corrected chi connectivity index (χ4v) is 4.27. The molecule has 1 aliphatic rings. The van der Waals surface area contributed by atoms with E-state index < -0.39 is 0 Å². The van der Waals surface area contributed by atoms with E-state index >= 15 is 0 Å². The van der Waals surface area contributed by atoms with Gasteiger partial charge in [-0.05, 0) is 68.2 Å². The van der Waals surface area contributed by atoms with Gasteiger partial charge in [-0.1, -0.05) is 41.9 Å². The molecule has 1 N–H and O–H groups in total. The lowest BCUT2D eigenvalue weighted by atomic mass is 9.72. The molecule has 0 aliphatic heterocycles. The molecular weight excluding hydrogens is 298 g/mol. The van der Waals surface area contributed by atoms with Gasteiger partial charge < -0.3 is 5.32 Å². The van der Waals surface area contributed by atoms with Crippen molar-refractivity contribution in [2.24, 2.45) is 17.8 Å². The molecule has 106 valence electrons. The Morgan fingerprint density at radius 2 is 1.79 bits per heavy atom. The summed E-state index contributed by atoms with van der Waals surface area (Å²) in [7, 11) is 2.11. The number of hydrogen-bond acceptors (Lipinski definition) is 1. The van der Waals surface area contributed by atoms with Gasteiger partial charge in [0.15, 0.2) is 0 Å². The summed E-state index contributed by atoms with van der Waals surface area (Å²) >= 11 is 3.66. The summed E-state index contributed by atoms with van der Waals surface area (Å²) in [6, 6.07) is 7.07. The summed E-state index contributed by atoms with van der Waals surface area (Å²) in [5, 5.41) is 3.58. The second-order valence-electron chi connectivity index (χ2n) is 6.40. The minimum absolute atomic E-state index is 0.489. The molecule has 1 aliphatic carbocycles. The Morgan fingerprint density at radius 1 is 1.16 bits per heavy atom. The molecule has 1 aromatic carbocycles. The first kappa shape index (κ1) is 15.1. The molecule has 0 heterocycles. The van der Waals surface area contributed by atoms with Crippen molar-refractivity contribution in [3.8, 4) is 0 Å². The highest BCUT2D eigenvalue weighted by atomic mass is 79.9. The highest BCUT2D eigenvalue weighted by Crippen LogP contribution is 2.41. The van der Waals surface area contributed by atoms with Crippen LogP contribution in [0.25, 0.3) is 0 Å². The van der Waals surface area contributed by atoms with E-state index in [1.165, 1.54) is 34.9 Å². The number of halogens is 1. The van der Waals surface area contributed by atoms with Gasteiger partial charge in [-0.3, -0.25) is 0 Å². The average molecular weight is 324 g/mol. The molecule has 0 amide bonds. The van der Waals surface area contributed by atoms with Crippen molar-refractivity contribution in [2.75, 3.05) is 7.05 Å². The highest BCUT2D eigenvalue weighted by molar-refractivity contribution is 9.10. The van der Waals surface area contributed by atoms with Gasteiger partial charge in [0.2, 0.25) is 0 Å². The van der Waals surface area contributed by atoms with Gasteiger partial charge in [-0.25, -0.2) is 0 Å².